The van der Waals surface area contributed by atoms with Gasteiger partial charge in [-0.25, -0.2) is 0 Å². The number of anilines is 1. The highest BCUT2D eigenvalue weighted by Gasteiger charge is 2.52. The topological polar surface area (TPSA) is 45.9 Å². The smallest absolute Gasteiger partial charge is 0.237 e. The van der Waals surface area contributed by atoms with Crippen LogP contribution in [0.3, 0.4) is 0 Å². The van der Waals surface area contributed by atoms with Gasteiger partial charge in [-0.05, 0) is 62.5 Å². The highest BCUT2D eigenvalue weighted by atomic mass is 16.5. The zero-order valence-electron chi connectivity index (χ0n) is 15.6. The number of carbonyl (C=O) groups excluding carboxylic acids is 1. The molecule has 2 aromatic rings. The van der Waals surface area contributed by atoms with E-state index >= 15 is 0 Å². The molecule has 1 spiro atoms. The molecule has 5 rings (SSSR count). The molecule has 1 aromatic heterocycles. The first kappa shape index (κ1) is 17.0. The highest BCUT2D eigenvalue weighted by Crippen LogP contribution is 2.48. The number of nitrogens with zero attached hydrogens (tertiary/aromatic N) is 2. The van der Waals surface area contributed by atoms with Gasteiger partial charge in [-0.1, -0.05) is 18.2 Å². The molecule has 142 valence electrons. The molecular weight excluding hydrogens is 340 g/mol. The normalized spacial score (nSPS) is 24.7. The third-order valence-electron chi connectivity index (χ3n) is 6.44. The number of para-hydroxylation sites is 1. The summed E-state index contributed by atoms with van der Waals surface area (Å²) in [5.41, 5.74) is 1.94. The molecule has 0 aliphatic carbocycles. The predicted molar refractivity (Wildman–Crippen MR) is 103 cm³/mol. The molecule has 5 nitrogen and oxygen atoms in total. The number of benzene rings is 1. The molecule has 0 saturated carbocycles. The lowest BCUT2D eigenvalue weighted by Crippen LogP contribution is -2.49. The number of fused-ring (bicyclic) bond motifs is 2. The van der Waals surface area contributed by atoms with E-state index < -0.39 is 0 Å². The van der Waals surface area contributed by atoms with Gasteiger partial charge in [0.15, 0.2) is 0 Å². The fourth-order valence-electron chi connectivity index (χ4n) is 4.97. The van der Waals surface area contributed by atoms with Crippen molar-refractivity contribution >= 4 is 11.6 Å². The van der Waals surface area contributed by atoms with Gasteiger partial charge in [-0.2, -0.15) is 0 Å². The number of hydrogen-bond acceptors (Lipinski definition) is 4. The van der Waals surface area contributed by atoms with Crippen LogP contribution in [0, 0.1) is 0 Å². The van der Waals surface area contributed by atoms with Gasteiger partial charge in [0.25, 0.3) is 0 Å². The molecule has 0 radical (unpaired) electrons. The van der Waals surface area contributed by atoms with E-state index in [2.05, 4.69) is 23.1 Å². The zero-order valence-corrected chi connectivity index (χ0v) is 15.6. The van der Waals surface area contributed by atoms with E-state index in [9.17, 15) is 4.79 Å². The Morgan fingerprint density at radius 3 is 2.70 bits per heavy atom. The summed E-state index contributed by atoms with van der Waals surface area (Å²) >= 11 is 0. The standard InChI is InChI=1S/C22H26N2O3/c25-21-22(9-11-23(12-10-22)15-17-5-3-13-26-17)19-7-1-2-8-20(19)24(21)16-18-6-4-14-27-18/h1-3,5,7-8,13,18H,4,6,9-12,14-16H2/t18-/m1/s1. The quantitative estimate of drug-likeness (QED) is 0.833. The van der Waals surface area contributed by atoms with E-state index in [1.807, 2.05) is 23.1 Å². The van der Waals surface area contributed by atoms with E-state index in [0.717, 1.165) is 63.4 Å². The Morgan fingerprint density at radius 2 is 1.96 bits per heavy atom. The van der Waals surface area contributed by atoms with E-state index in [0.29, 0.717) is 6.54 Å². The van der Waals surface area contributed by atoms with Gasteiger partial charge in [-0.15, -0.1) is 0 Å². The molecule has 0 unspecified atom stereocenters. The Balaban J connectivity index is 1.37. The summed E-state index contributed by atoms with van der Waals surface area (Å²) in [6, 6.07) is 12.3. The third-order valence-corrected chi connectivity index (χ3v) is 6.44. The summed E-state index contributed by atoms with van der Waals surface area (Å²) in [5.74, 6) is 1.26. The molecule has 1 amide bonds. The van der Waals surface area contributed by atoms with Crippen molar-refractivity contribution in [2.24, 2.45) is 0 Å². The van der Waals surface area contributed by atoms with Crippen molar-refractivity contribution in [2.75, 3.05) is 31.1 Å². The maximum absolute atomic E-state index is 13.6. The zero-order chi connectivity index (χ0) is 18.3. The van der Waals surface area contributed by atoms with Crippen LogP contribution >= 0.6 is 0 Å². The maximum atomic E-state index is 13.6. The van der Waals surface area contributed by atoms with Crippen molar-refractivity contribution in [3.8, 4) is 0 Å². The lowest BCUT2D eigenvalue weighted by atomic mass is 9.73. The van der Waals surface area contributed by atoms with Gasteiger partial charge in [0.05, 0.1) is 30.9 Å². The summed E-state index contributed by atoms with van der Waals surface area (Å²) < 4.78 is 11.3. The van der Waals surface area contributed by atoms with E-state index in [1.165, 1.54) is 5.56 Å². The van der Waals surface area contributed by atoms with E-state index in [-0.39, 0.29) is 17.4 Å². The second-order valence-electron chi connectivity index (χ2n) is 8.01. The molecule has 3 aliphatic heterocycles. The second kappa shape index (κ2) is 6.80. The summed E-state index contributed by atoms with van der Waals surface area (Å²) in [6.07, 6.45) is 5.78. The fraction of sp³-hybridized carbons (Fsp3) is 0.500. The predicted octanol–water partition coefficient (Wildman–Crippen LogP) is 3.34. The second-order valence-corrected chi connectivity index (χ2v) is 8.01. The van der Waals surface area contributed by atoms with Crippen LogP contribution < -0.4 is 4.90 Å². The number of rotatable bonds is 4. The van der Waals surface area contributed by atoms with Crippen LogP contribution in [0.25, 0.3) is 0 Å². The molecule has 1 atom stereocenters. The van der Waals surface area contributed by atoms with Crippen LogP contribution in [0.4, 0.5) is 5.69 Å². The molecule has 4 heterocycles. The molecule has 0 bridgehead atoms. The number of carbonyl (C=O) groups is 1. The van der Waals surface area contributed by atoms with Crippen molar-refractivity contribution in [1.29, 1.82) is 0 Å². The molecule has 5 heteroatoms. The van der Waals surface area contributed by atoms with Crippen molar-refractivity contribution < 1.29 is 13.9 Å². The number of ether oxygens (including phenoxy) is 1. The van der Waals surface area contributed by atoms with Crippen molar-refractivity contribution in [1.82, 2.24) is 4.90 Å². The first-order valence-corrected chi connectivity index (χ1v) is 10.0. The van der Waals surface area contributed by atoms with Gasteiger partial charge in [-0.3, -0.25) is 9.69 Å². The summed E-state index contributed by atoms with van der Waals surface area (Å²) in [4.78, 5) is 18.0. The minimum absolute atomic E-state index is 0.177. The van der Waals surface area contributed by atoms with Crippen LogP contribution in [0.2, 0.25) is 0 Å². The van der Waals surface area contributed by atoms with Crippen molar-refractivity contribution in [3.05, 3.63) is 54.0 Å². The molecule has 0 N–H and O–H groups in total. The Labute approximate surface area is 159 Å². The molecule has 27 heavy (non-hydrogen) atoms. The first-order valence-electron chi connectivity index (χ1n) is 10.0. The van der Waals surface area contributed by atoms with Gasteiger partial charge in [0.2, 0.25) is 5.91 Å². The Hall–Kier alpha value is -2.11. The van der Waals surface area contributed by atoms with Gasteiger partial charge in [0, 0.05) is 12.3 Å². The fourth-order valence-corrected chi connectivity index (χ4v) is 4.97. The average Bonchev–Trinajstić information content (AvgIpc) is 3.44. The minimum Gasteiger partial charge on any atom is -0.468 e. The molecule has 1 aromatic carbocycles. The molecular formula is C22H26N2O3. The van der Waals surface area contributed by atoms with E-state index in [4.69, 9.17) is 9.15 Å². The van der Waals surface area contributed by atoms with E-state index in [1.54, 1.807) is 6.26 Å². The van der Waals surface area contributed by atoms with Crippen molar-refractivity contribution in [2.45, 2.75) is 43.7 Å². The molecule has 2 fully saturated rings. The van der Waals surface area contributed by atoms with Crippen molar-refractivity contribution in [3.63, 3.8) is 0 Å². The number of furan rings is 1. The molecule has 2 saturated heterocycles. The minimum atomic E-state index is -0.366. The summed E-state index contributed by atoms with van der Waals surface area (Å²) in [7, 11) is 0. The lowest BCUT2D eigenvalue weighted by Gasteiger charge is -2.38. The highest BCUT2D eigenvalue weighted by molar-refractivity contribution is 6.08. The van der Waals surface area contributed by atoms with Crippen LogP contribution in [-0.2, 0) is 21.5 Å². The number of hydrogen-bond donors (Lipinski definition) is 0. The first-order chi connectivity index (χ1) is 13.3. The maximum Gasteiger partial charge on any atom is 0.237 e. The van der Waals surface area contributed by atoms with Crippen LogP contribution in [0.1, 0.15) is 37.0 Å². The number of likely N-dealkylation sites (tertiary alicyclic amines) is 1. The largest absolute Gasteiger partial charge is 0.468 e. The summed E-state index contributed by atoms with van der Waals surface area (Å²) in [5, 5.41) is 0. The van der Waals surface area contributed by atoms with Crippen LogP contribution in [0.5, 0.6) is 0 Å². The number of amides is 1. The Bertz CT molecular complexity index is 803. The summed E-state index contributed by atoms with van der Waals surface area (Å²) in [6.45, 7) is 4.15. The average molecular weight is 366 g/mol. The van der Waals surface area contributed by atoms with Crippen LogP contribution in [-0.4, -0.2) is 43.2 Å². The van der Waals surface area contributed by atoms with Gasteiger partial charge in [0.1, 0.15) is 5.76 Å². The molecule has 3 aliphatic rings. The van der Waals surface area contributed by atoms with Gasteiger partial charge < -0.3 is 14.1 Å². The van der Waals surface area contributed by atoms with Crippen LogP contribution in [0.15, 0.2) is 47.1 Å². The Morgan fingerprint density at radius 1 is 1.11 bits per heavy atom. The third kappa shape index (κ3) is 2.89. The lowest BCUT2D eigenvalue weighted by molar-refractivity contribution is -0.125. The monoisotopic (exact) mass is 366 g/mol. The SMILES string of the molecule is O=C1N(C[C@H]2CCCO2)c2ccccc2C12CCN(Cc1ccco1)CC2. The van der Waals surface area contributed by atoms with Gasteiger partial charge >= 0.3 is 0 Å². The Kier molecular flexibility index (Phi) is 4.29. The number of piperidine rings is 1.